The summed E-state index contributed by atoms with van der Waals surface area (Å²) in [6.45, 7) is 3.38. The van der Waals surface area contributed by atoms with E-state index in [4.69, 9.17) is 25.1 Å². The Morgan fingerprint density at radius 2 is 0.685 bits per heavy atom. The van der Waals surface area contributed by atoms with Gasteiger partial charge in [-0.05, 0) is 73.5 Å². The van der Waals surface area contributed by atoms with E-state index in [0.29, 0.717) is 33.9 Å². The molecule has 0 aliphatic heterocycles. The average Bonchev–Trinajstić information content (AvgIpc) is 3.16. The SMILES string of the molecule is CC#N.CC(=O)[O-].CC(=O)[O-].O.[Co+2].[Co+2].[O-]C(c1ccccc1)(c1ccccn1)c1ccccn1.[O-]C(c1ccccc1)(c1ccccn1)c1ccccn1. The molecule has 0 saturated heterocycles. The molecule has 0 spiro atoms. The Morgan fingerprint density at radius 3 is 0.852 bits per heavy atom. The molecule has 0 bridgehead atoms. The van der Waals surface area contributed by atoms with Crippen molar-refractivity contribution in [3.63, 3.8) is 0 Å². The summed E-state index contributed by atoms with van der Waals surface area (Å²) in [6, 6.07) is 41.7. The number of hydrogen-bond donors (Lipinski definition) is 0. The summed E-state index contributed by atoms with van der Waals surface area (Å²) < 4.78 is 0. The van der Waals surface area contributed by atoms with Gasteiger partial charge in [0.25, 0.3) is 0 Å². The van der Waals surface area contributed by atoms with E-state index in [2.05, 4.69) is 19.9 Å². The van der Waals surface area contributed by atoms with Crippen molar-refractivity contribution in [2.75, 3.05) is 0 Å². The predicted molar refractivity (Wildman–Crippen MR) is 186 cm³/mol. The zero-order valence-electron chi connectivity index (χ0n) is 29.4. The molecule has 54 heavy (non-hydrogen) atoms. The quantitative estimate of drug-likeness (QED) is 0.234. The fraction of sp³-hybridized carbons (Fsp3) is 0.125. The maximum atomic E-state index is 13.6. The Labute approximate surface area is 335 Å². The summed E-state index contributed by atoms with van der Waals surface area (Å²) in [5, 5.41) is 52.3. The molecule has 0 aliphatic carbocycles. The second kappa shape index (κ2) is 27.0. The van der Waals surface area contributed by atoms with Crippen molar-refractivity contribution in [1.82, 2.24) is 19.9 Å². The van der Waals surface area contributed by atoms with Crippen LogP contribution in [-0.4, -0.2) is 37.4 Å². The molecule has 0 saturated carbocycles. The molecule has 0 unspecified atom stereocenters. The summed E-state index contributed by atoms with van der Waals surface area (Å²) in [4.78, 5) is 34.8. The number of carbonyl (C=O) groups is 2. The molecule has 0 aliphatic rings. The van der Waals surface area contributed by atoms with E-state index >= 15 is 0 Å². The maximum Gasteiger partial charge on any atom is 2.00 e. The molecule has 6 aromatic rings. The van der Waals surface area contributed by atoms with Crippen molar-refractivity contribution in [1.29, 1.82) is 5.26 Å². The summed E-state index contributed by atoms with van der Waals surface area (Å²) in [5.41, 5.74) is -0.118. The Hall–Kier alpha value is -5.64. The van der Waals surface area contributed by atoms with Crippen molar-refractivity contribution in [3.8, 4) is 6.07 Å². The maximum absolute atomic E-state index is 13.6. The van der Waals surface area contributed by atoms with Crippen LogP contribution in [0, 0.1) is 11.3 Å². The van der Waals surface area contributed by atoms with Gasteiger partial charge in [-0.2, -0.15) is 5.26 Å². The van der Waals surface area contributed by atoms with Crippen molar-refractivity contribution < 1.29 is 69.0 Å². The van der Waals surface area contributed by atoms with E-state index in [9.17, 15) is 10.2 Å². The second-order valence-electron chi connectivity index (χ2n) is 10.2. The molecular formula is C40H37Co2N5O7. The number of pyridine rings is 4. The number of aromatic nitrogens is 4. The first-order valence-corrected chi connectivity index (χ1v) is 15.4. The molecule has 0 atom stereocenters. The van der Waals surface area contributed by atoms with Gasteiger partial charge in [-0.25, -0.2) is 0 Å². The summed E-state index contributed by atoms with van der Waals surface area (Å²) >= 11 is 0. The minimum Gasteiger partial charge on any atom is -0.837 e. The van der Waals surface area contributed by atoms with Gasteiger partial charge in [0.05, 0.1) is 6.07 Å². The van der Waals surface area contributed by atoms with Crippen molar-refractivity contribution >= 4 is 11.9 Å². The number of hydrogen-bond acceptors (Lipinski definition) is 11. The molecule has 282 valence electrons. The van der Waals surface area contributed by atoms with E-state index in [1.54, 1.807) is 79.4 Å². The van der Waals surface area contributed by atoms with Crippen LogP contribution in [0.3, 0.4) is 0 Å². The van der Waals surface area contributed by atoms with Crippen molar-refractivity contribution in [2.24, 2.45) is 0 Å². The number of nitriles is 1. The monoisotopic (exact) mass is 817 g/mol. The number of carboxylic acid groups (broad SMARTS) is 2. The molecule has 4 heterocycles. The zero-order chi connectivity index (χ0) is 37.5. The van der Waals surface area contributed by atoms with Crippen LogP contribution in [0.5, 0.6) is 0 Å². The Morgan fingerprint density at radius 1 is 0.500 bits per heavy atom. The van der Waals surface area contributed by atoms with Crippen LogP contribution in [0.1, 0.15) is 54.7 Å². The van der Waals surface area contributed by atoms with Gasteiger partial charge in [0.1, 0.15) is 0 Å². The third-order valence-electron chi connectivity index (χ3n) is 6.46. The van der Waals surface area contributed by atoms with E-state index in [-0.39, 0.29) is 39.0 Å². The molecule has 2 N–H and O–H groups in total. The topological polar surface area (TPSA) is 233 Å². The summed E-state index contributed by atoms with van der Waals surface area (Å²) in [6.07, 6.45) is 6.53. The van der Waals surface area contributed by atoms with Gasteiger partial charge in [-0.1, -0.05) is 84.9 Å². The first-order valence-electron chi connectivity index (χ1n) is 15.4. The van der Waals surface area contributed by atoms with Crippen LogP contribution in [0.4, 0.5) is 0 Å². The Bertz CT molecular complexity index is 1570. The Balaban J connectivity index is 0. The number of carbonyl (C=O) groups excluding carboxylic acids is 2. The van der Waals surface area contributed by atoms with E-state index in [1.165, 1.54) is 6.92 Å². The van der Waals surface area contributed by atoms with E-state index in [0.717, 1.165) is 13.8 Å². The number of rotatable bonds is 6. The van der Waals surface area contributed by atoms with Gasteiger partial charge in [0, 0.05) is 77.6 Å². The summed E-state index contributed by atoms with van der Waals surface area (Å²) in [7, 11) is 0. The number of nitrogens with zero attached hydrogens (tertiary/aromatic N) is 5. The number of carboxylic acids is 2. The second-order valence-corrected chi connectivity index (χ2v) is 10.2. The molecule has 12 nitrogen and oxygen atoms in total. The van der Waals surface area contributed by atoms with Crippen molar-refractivity contribution in [2.45, 2.75) is 32.0 Å². The predicted octanol–water partition coefficient (Wildman–Crippen LogP) is 1.47. The molecule has 4 aromatic heterocycles. The largest absolute Gasteiger partial charge is 2.00 e. The van der Waals surface area contributed by atoms with Gasteiger partial charge in [0.15, 0.2) is 0 Å². The minimum absolute atomic E-state index is 0. The fourth-order valence-electron chi connectivity index (χ4n) is 4.48. The standard InChI is InChI=1S/2C17H13N2O.C2H3N.2C2H4O2.2Co.H2O/c2*20-17(14-8-2-1-3-9-14,15-10-4-6-12-18-15)16-11-5-7-13-19-16;1-2-3;2*1-2(3)4;;;/h2*1-13H;1H3;2*1H3,(H,3,4);;;1H2/q2*-1;;;;2*+2;/p-2. The van der Waals surface area contributed by atoms with Crippen LogP contribution in [0.15, 0.2) is 158 Å². The third-order valence-corrected chi connectivity index (χ3v) is 6.46. The molecule has 2 aromatic carbocycles. The van der Waals surface area contributed by atoms with Gasteiger partial charge in [-0.15, -0.1) is 0 Å². The van der Waals surface area contributed by atoms with Crippen molar-refractivity contribution in [3.05, 3.63) is 192 Å². The van der Waals surface area contributed by atoms with Crippen LogP contribution >= 0.6 is 0 Å². The smallest absolute Gasteiger partial charge is 0.837 e. The minimum atomic E-state index is -1.59. The molecule has 2 radical (unpaired) electrons. The molecular weight excluding hydrogens is 780 g/mol. The summed E-state index contributed by atoms with van der Waals surface area (Å²) in [5.74, 6) is -2.17. The van der Waals surface area contributed by atoms with E-state index < -0.39 is 23.1 Å². The van der Waals surface area contributed by atoms with Gasteiger partial charge in [-0.3, -0.25) is 19.9 Å². The third kappa shape index (κ3) is 15.5. The molecule has 0 amide bonds. The normalized spacial score (nSPS) is 9.41. The fourth-order valence-corrected chi connectivity index (χ4v) is 4.48. The van der Waals surface area contributed by atoms with Gasteiger partial charge in [0.2, 0.25) is 0 Å². The van der Waals surface area contributed by atoms with Crippen LogP contribution < -0.4 is 20.4 Å². The van der Waals surface area contributed by atoms with E-state index in [1.807, 2.05) is 84.9 Å². The first kappa shape index (κ1) is 50.5. The molecule has 6 rings (SSSR count). The van der Waals surface area contributed by atoms with Crippen LogP contribution in [0.2, 0.25) is 0 Å². The van der Waals surface area contributed by atoms with Gasteiger partial charge < -0.3 is 35.5 Å². The molecule has 0 fully saturated rings. The van der Waals surface area contributed by atoms with Gasteiger partial charge >= 0.3 is 33.6 Å². The average molecular weight is 818 g/mol. The Kier molecular flexibility index (Phi) is 25.3. The van der Waals surface area contributed by atoms with Crippen LogP contribution in [0.25, 0.3) is 0 Å². The molecule has 14 heteroatoms. The number of aliphatic carboxylic acids is 2. The first-order chi connectivity index (χ1) is 24.5. The van der Waals surface area contributed by atoms with Crippen LogP contribution in [-0.2, 0) is 54.3 Å². The zero-order valence-corrected chi connectivity index (χ0v) is 31.4. The number of benzene rings is 2.